The monoisotopic (exact) mass is 727 g/mol. The van der Waals surface area contributed by atoms with Gasteiger partial charge in [-0.3, -0.25) is 18.6 Å². The second-order valence-corrected chi connectivity index (χ2v) is 14.1. The van der Waals surface area contributed by atoms with Gasteiger partial charge in [0.1, 0.15) is 28.8 Å². The van der Waals surface area contributed by atoms with Gasteiger partial charge in [-0.1, -0.05) is 48.0 Å². The lowest BCUT2D eigenvalue weighted by Gasteiger charge is -2.20. The Morgan fingerprint density at radius 1 is 1.02 bits per heavy atom. The molecule has 0 saturated carbocycles. The van der Waals surface area contributed by atoms with Crippen molar-refractivity contribution in [2.75, 3.05) is 18.0 Å². The molecule has 260 valence electrons. The summed E-state index contributed by atoms with van der Waals surface area (Å²) in [6.45, 7) is 0.896. The molecule has 7 rings (SSSR count). The number of sulfonamides is 1. The minimum absolute atomic E-state index is 0.0784. The highest BCUT2D eigenvalue weighted by molar-refractivity contribution is 7.92. The number of hydrazone groups is 1. The molecule has 0 aliphatic carbocycles. The van der Waals surface area contributed by atoms with E-state index in [4.69, 9.17) is 25.2 Å². The van der Waals surface area contributed by atoms with Gasteiger partial charge in [0.15, 0.2) is 12.4 Å². The number of fused-ring (bicyclic) bond motifs is 1. The van der Waals surface area contributed by atoms with Gasteiger partial charge in [-0.2, -0.15) is 5.10 Å². The number of nitrogens with zero attached hydrogens (tertiary/aromatic N) is 5. The second kappa shape index (κ2) is 13.1. The predicted molar refractivity (Wildman–Crippen MR) is 189 cm³/mol. The van der Waals surface area contributed by atoms with E-state index in [0.29, 0.717) is 34.2 Å². The maximum Gasteiger partial charge on any atom is 0.340 e. The van der Waals surface area contributed by atoms with E-state index >= 15 is 0 Å². The number of halogens is 1. The van der Waals surface area contributed by atoms with Gasteiger partial charge in [0.2, 0.25) is 0 Å². The third-order valence-electron chi connectivity index (χ3n) is 8.73. The smallest absolute Gasteiger partial charge is 0.340 e. The first-order valence-electron chi connectivity index (χ1n) is 15.7. The summed E-state index contributed by atoms with van der Waals surface area (Å²) in [6.07, 6.45) is 1.76. The van der Waals surface area contributed by atoms with Gasteiger partial charge in [0, 0.05) is 25.9 Å². The molecule has 15 heteroatoms. The number of para-hydroxylation sites is 2. The van der Waals surface area contributed by atoms with Crippen LogP contribution in [0.1, 0.15) is 40.0 Å². The van der Waals surface area contributed by atoms with Crippen LogP contribution in [0.5, 0.6) is 0 Å². The third kappa shape index (κ3) is 6.02. The highest BCUT2D eigenvalue weighted by Crippen LogP contribution is 2.35. The first kappa shape index (κ1) is 33.6. The van der Waals surface area contributed by atoms with Crippen LogP contribution in [0.15, 0.2) is 121 Å². The van der Waals surface area contributed by atoms with Gasteiger partial charge in [0.05, 0.1) is 33.1 Å². The molecule has 1 amide bonds. The summed E-state index contributed by atoms with van der Waals surface area (Å²) < 4.78 is 48.4. The average Bonchev–Trinajstić information content (AvgIpc) is 3.93. The number of rotatable bonds is 9. The third-order valence-corrected chi connectivity index (χ3v) is 10.8. The summed E-state index contributed by atoms with van der Waals surface area (Å²) in [4.78, 5) is 40.0. The van der Waals surface area contributed by atoms with E-state index in [1.807, 2.05) is 30.3 Å². The first-order valence-corrected chi connectivity index (χ1v) is 17.5. The standard InChI is InChI=1S/C36H30ClN5O8S/c1-22-34(35(44)42(39(22)2)24-11-5-4-6-12-24)40(3)51(46,47)25-15-16-27(37)26(19-25)36(45)49-21-33(43)41-29(31-14-9-17-48-31)20-28(38-41)32-18-23-10-7-8-13-30(23)50-32/h4-19,29H,20-21H2,1-3H3. The van der Waals surface area contributed by atoms with Gasteiger partial charge in [0.25, 0.3) is 21.5 Å². The van der Waals surface area contributed by atoms with E-state index in [9.17, 15) is 22.8 Å². The molecule has 0 saturated heterocycles. The second-order valence-electron chi connectivity index (χ2n) is 11.8. The Hall–Kier alpha value is -5.86. The molecule has 0 radical (unpaired) electrons. The Morgan fingerprint density at radius 3 is 2.49 bits per heavy atom. The number of amides is 1. The number of furan rings is 2. The van der Waals surface area contributed by atoms with E-state index in [2.05, 4.69) is 5.10 Å². The summed E-state index contributed by atoms with van der Waals surface area (Å²) >= 11 is 6.33. The summed E-state index contributed by atoms with van der Waals surface area (Å²) in [5.41, 5.74) is 1.19. The molecule has 0 N–H and O–H groups in total. The van der Waals surface area contributed by atoms with Crippen LogP contribution in [-0.2, 0) is 26.6 Å². The fraction of sp³-hybridized carbons (Fsp3) is 0.167. The number of anilines is 1. The van der Waals surface area contributed by atoms with E-state index in [-0.39, 0.29) is 27.6 Å². The average molecular weight is 728 g/mol. The van der Waals surface area contributed by atoms with Crippen molar-refractivity contribution in [3.63, 3.8) is 0 Å². The molecule has 3 aromatic carbocycles. The minimum atomic E-state index is -4.39. The molecule has 1 aliphatic rings. The number of benzene rings is 3. The Labute approximate surface area is 296 Å². The Morgan fingerprint density at radius 2 is 1.76 bits per heavy atom. The van der Waals surface area contributed by atoms with E-state index in [0.717, 1.165) is 15.8 Å². The molecule has 1 unspecified atom stereocenters. The minimum Gasteiger partial charge on any atom is -0.467 e. The van der Waals surface area contributed by atoms with Gasteiger partial charge in [-0.05, 0) is 61.5 Å². The number of hydrogen-bond donors (Lipinski definition) is 0. The van der Waals surface area contributed by atoms with Crippen LogP contribution in [-0.4, -0.2) is 54.0 Å². The normalized spacial score (nSPS) is 14.5. The van der Waals surface area contributed by atoms with Crippen LogP contribution in [0.3, 0.4) is 0 Å². The van der Waals surface area contributed by atoms with Crippen molar-refractivity contribution < 1.29 is 31.6 Å². The number of esters is 1. The van der Waals surface area contributed by atoms with Crippen LogP contribution in [0.25, 0.3) is 16.7 Å². The molecule has 6 aromatic rings. The lowest BCUT2D eigenvalue weighted by atomic mass is 10.1. The molecular weight excluding hydrogens is 698 g/mol. The van der Waals surface area contributed by atoms with E-state index in [1.54, 1.807) is 61.1 Å². The maximum atomic E-state index is 13.9. The zero-order valence-corrected chi connectivity index (χ0v) is 29.1. The predicted octanol–water partition coefficient (Wildman–Crippen LogP) is 5.84. The lowest BCUT2D eigenvalue weighted by molar-refractivity contribution is -0.136. The Balaban J connectivity index is 1.12. The van der Waals surface area contributed by atoms with Crippen molar-refractivity contribution in [1.82, 2.24) is 14.4 Å². The SMILES string of the molecule is Cc1c(N(C)S(=O)(=O)c2ccc(Cl)c(C(=O)OCC(=O)N3N=C(c4cc5ccccc5o4)CC3c3ccco3)c2)c(=O)n(-c2ccccc2)n1C. The molecule has 1 atom stereocenters. The maximum absolute atomic E-state index is 13.9. The summed E-state index contributed by atoms with van der Waals surface area (Å²) in [7, 11) is -1.48. The van der Waals surface area contributed by atoms with Crippen molar-refractivity contribution in [2.24, 2.45) is 12.1 Å². The summed E-state index contributed by atoms with van der Waals surface area (Å²) in [5.74, 6) is -0.742. The van der Waals surface area contributed by atoms with E-state index in [1.165, 1.54) is 35.1 Å². The first-order chi connectivity index (χ1) is 24.5. The molecule has 0 bridgehead atoms. The highest BCUT2D eigenvalue weighted by atomic mass is 35.5. The van der Waals surface area contributed by atoms with Gasteiger partial charge in [-0.15, -0.1) is 0 Å². The number of carbonyl (C=O) groups is 2. The van der Waals surface area contributed by atoms with Gasteiger partial charge >= 0.3 is 5.97 Å². The van der Waals surface area contributed by atoms with Crippen LogP contribution in [0.4, 0.5) is 5.69 Å². The molecule has 0 spiro atoms. The van der Waals surface area contributed by atoms with Crippen molar-refractivity contribution >= 4 is 55.9 Å². The van der Waals surface area contributed by atoms with Crippen LogP contribution >= 0.6 is 11.6 Å². The van der Waals surface area contributed by atoms with Crippen LogP contribution in [0.2, 0.25) is 5.02 Å². The quantitative estimate of drug-likeness (QED) is 0.169. The van der Waals surface area contributed by atoms with Crippen molar-refractivity contribution in [2.45, 2.75) is 24.3 Å². The fourth-order valence-corrected chi connectivity index (χ4v) is 7.47. The number of ether oxygens (including phenoxy) is 1. The number of aromatic nitrogens is 2. The van der Waals surface area contributed by atoms with Crippen molar-refractivity contribution in [1.29, 1.82) is 0 Å². The van der Waals surface area contributed by atoms with Crippen molar-refractivity contribution in [3.8, 4) is 5.69 Å². The molecule has 0 fully saturated rings. The molecule has 51 heavy (non-hydrogen) atoms. The summed E-state index contributed by atoms with van der Waals surface area (Å²) in [6, 6.07) is 24.4. The van der Waals surface area contributed by atoms with Crippen molar-refractivity contribution in [3.05, 3.63) is 135 Å². The van der Waals surface area contributed by atoms with Gasteiger partial charge in [-0.25, -0.2) is 22.9 Å². The highest BCUT2D eigenvalue weighted by Gasteiger charge is 2.37. The van der Waals surface area contributed by atoms with Crippen LogP contribution in [0, 0.1) is 6.92 Å². The number of hydrogen-bond acceptors (Lipinski definition) is 9. The number of carbonyl (C=O) groups excluding carboxylic acids is 2. The van der Waals surface area contributed by atoms with Crippen LogP contribution < -0.4 is 9.86 Å². The van der Waals surface area contributed by atoms with E-state index < -0.39 is 40.1 Å². The molecule has 1 aliphatic heterocycles. The Bertz CT molecular complexity index is 2470. The summed E-state index contributed by atoms with van der Waals surface area (Å²) in [5, 5.41) is 6.46. The Kier molecular flexibility index (Phi) is 8.65. The molecule has 13 nitrogen and oxygen atoms in total. The largest absolute Gasteiger partial charge is 0.467 e. The topological polar surface area (TPSA) is 150 Å². The zero-order valence-electron chi connectivity index (χ0n) is 27.5. The molecule has 3 aromatic heterocycles. The lowest BCUT2D eigenvalue weighted by Crippen LogP contribution is -2.32. The molecule has 4 heterocycles. The fourth-order valence-electron chi connectivity index (χ4n) is 6.00. The van der Waals surface area contributed by atoms with Gasteiger partial charge < -0.3 is 13.6 Å². The molecular formula is C36H30ClN5O8S. The zero-order chi connectivity index (χ0) is 36.0.